The van der Waals surface area contributed by atoms with E-state index in [1.807, 2.05) is 0 Å². The number of alkyl halides is 3. The van der Waals surface area contributed by atoms with Crippen molar-refractivity contribution in [2.45, 2.75) is 18.9 Å². The van der Waals surface area contributed by atoms with E-state index in [9.17, 15) is 23.1 Å². The zero-order valence-electron chi connectivity index (χ0n) is 16.0. The first kappa shape index (κ1) is 24.1. The van der Waals surface area contributed by atoms with Crippen LogP contribution < -0.4 is 4.74 Å². The van der Waals surface area contributed by atoms with Crippen LogP contribution in [0.4, 0.5) is 13.2 Å². The molecule has 0 radical (unpaired) electrons. The van der Waals surface area contributed by atoms with Gasteiger partial charge in [0.05, 0.1) is 21.2 Å². The first-order chi connectivity index (χ1) is 15.1. The molecule has 32 heavy (non-hydrogen) atoms. The van der Waals surface area contributed by atoms with E-state index in [1.54, 1.807) is 17.5 Å². The number of carbonyl (C=O) groups is 1. The van der Waals surface area contributed by atoms with Crippen molar-refractivity contribution in [2.24, 2.45) is 0 Å². The fraction of sp³-hybridized carbons (Fsp3) is 0.143. The minimum absolute atomic E-state index is 0.107. The monoisotopic (exact) mass is 503 g/mol. The maximum atomic E-state index is 12.8. The Kier molecular flexibility index (Phi) is 7.45. The fourth-order valence-electron chi connectivity index (χ4n) is 2.46. The summed E-state index contributed by atoms with van der Waals surface area (Å²) in [6.07, 6.45) is -4.35. The highest BCUT2D eigenvalue weighted by molar-refractivity contribution is 7.09. The number of aliphatic hydroxyl groups excluding tert-OH is 1. The summed E-state index contributed by atoms with van der Waals surface area (Å²) in [5.41, 5.74) is -0.545. The van der Waals surface area contributed by atoms with Gasteiger partial charge in [-0.2, -0.15) is 13.2 Å². The molecule has 0 saturated heterocycles. The van der Waals surface area contributed by atoms with Gasteiger partial charge in [0.15, 0.2) is 5.75 Å². The number of halogens is 5. The smallest absolute Gasteiger partial charge is 0.416 e. The lowest BCUT2D eigenvalue weighted by molar-refractivity contribution is -0.141. The van der Waals surface area contributed by atoms with Gasteiger partial charge in [-0.05, 0) is 29.8 Å². The van der Waals surface area contributed by atoms with Gasteiger partial charge in [0.25, 0.3) is 0 Å². The highest BCUT2D eigenvalue weighted by Crippen LogP contribution is 2.41. The number of esters is 1. The molecule has 0 aliphatic heterocycles. The molecule has 5 nitrogen and oxygen atoms in total. The summed E-state index contributed by atoms with van der Waals surface area (Å²) in [5.74, 6) is -0.642. The van der Waals surface area contributed by atoms with Crippen LogP contribution in [0.15, 0.2) is 60.1 Å². The lowest BCUT2D eigenvalue weighted by Gasteiger charge is -2.14. The molecule has 0 saturated carbocycles. The maximum Gasteiger partial charge on any atom is 0.416 e. The van der Waals surface area contributed by atoms with Crippen molar-refractivity contribution >= 4 is 40.5 Å². The van der Waals surface area contributed by atoms with Crippen molar-refractivity contribution in [3.05, 3.63) is 86.3 Å². The SMILES string of the molecule is C=C(C(=O)OCc1ccc(Oc2c(Cl)cc(C(F)(F)F)cc2Cl)cc1)C(O)c1nccs1. The van der Waals surface area contributed by atoms with Gasteiger partial charge in [-0.1, -0.05) is 41.9 Å². The van der Waals surface area contributed by atoms with E-state index in [0.29, 0.717) is 10.6 Å². The second kappa shape index (κ2) is 9.91. The van der Waals surface area contributed by atoms with Crippen LogP contribution in [0.1, 0.15) is 22.2 Å². The van der Waals surface area contributed by atoms with Crippen LogP contribution in [0.25, 0.3) is 0 Å². The predicted molar refractivity (Wildman–Crippen MR) is 114 cm³/mol. The Hall–Kier alpha value is -2.59. The molecule has 0 amide bonds. The topological polar surface area (TPSA) is 68.7 Å². The summed E-state index contributed by atoms with van der Waals surface area (Å²) in [7, 11) is 0. The number of ether oxygens (including phenoxy) is 2. The van der Waals surface area contributed by atoms with E-state index >= 15 is 0 Å². The van der Waals surface area contributed by atoms with Gasteiger partial charge < -0.3 is 14.6 Å². The maximum absolute atomic E-state index is 12.8. The minimum atomic E-state index is -4.59. The average molecular weight is 504 g/mol. The normalized spacial score (nSPS) is 12.3. The molecule has 0 bridgehead atoms. The lowest BCUT2D eigenvalue weighted by Crippen LogP contribution is -2.13. The standard InChI is InChI=1S/C21H14Cl2F3NO4S/c1-11(17(28)19-27-6-7-32-19)20(29)30-10-12-2-4-14(5-3-12)31-18-15(22)8-13(9-16(18)23)21(24,25)26/h2-9,17,28H,1,10H2. The average Bonchev–Trinajstić information content (AvgIpc) is 3.28. The van der Waals surface area contributed by atoms with Crippen LogP contribution in [0.5, 0.6) is 11.5 Å². The van der Waals surface area contributed by atoms with Gasteiger partial charge >= 0.3 is 12.1 Å². The minimum Gasteiger partial charge on any atom is -0.457 e. The van der Waals surface area contributed by atoms with E-state index in [-0.39, 0.29) is 33.7 Å². The van der Waals surface area contributed by atoms with Crippen molar-refractivity contribution in [3.63, 3.8) is 0 Å². The third-order valence-electron chi connectivity index (χ3n) is 4.12. The molecule has 1 N–H and O–H groups in total. The number of aromatic nitrogens is 1. The van der Waals surface area contributed by atoms with Crippen molar-refractivity contribution in [1.82, 2.24) is 4.98 Å². The van der Waals surface area contributed by atoms with Gasteiger partial charge in [0.1, 0.15) is 23.5 Å². The Bertz CT molecular complexity index is 1100. The molecule has 168 valence electrons. The largest absolute Gasteiger partial charge is 0.457 e. The summed E-state index contributed by atoms with van der Waals surface area (Å²) >= 11 is 13.0. The lowest BCUT2D eigenvalue weighted by atomic mass is 10.2. The quantitative estimate of drug-likeness (QED) is 0.290. The van der Waals surface area contributed by atoms with Gasteiger partial charge in [-0.15, -0.1) is 11.3 Å². The van der Waals surface area contributed by atoms with Crippen molar-refractivity contribution in [2.75, 3.05) is 0 Å². The first-order valence-corrected chi connectivity index (χ1v) is 10.5. The molecular formula is C21H14Cl2F3NO4S. The van der Waals surface area contributed by atoms with E-state index in [1.165, 1.54) is 29.7 Å². The number of nitrogens with zero attached hydrogens (tertiary/aromatic N) is 1. The molecule has 0 aliphatic rings. The Morgan fingerprint density at radius 2 is 1.81 bits per heavy atom. The molecular weight excluding hydrogens is 490 g/mol. The molecule has 1 atom stereocenters. The second-order valence-corrected chi connectivity index (χ2v) is 8.13. The second-order valence-electron chi connectivity index (χ2n) is 6.39. The van der Waals surface area contributed by atoms with E-state index in [2.05, 4.69) is 11.6 Å². The van der Waals surface area contributed by atoms with Crippen molar-refractivity contribution < 1.29 is 32.5 Å². The van der Waals surface area contributed by atoms with Gasteiger partial charge in [0, 0.05) is 11.6 Å². The molecule has 0 aliphatic carbocycles. The molecule has 1 heterocycles. The first-order valence-electron chi connectivity index (χ1n) is 8.82. The van der Waals surface area contributed by atoms with Gasteiger partial charge in [0.2, 0.25) is 0 Å². The van der Waals surface area contributed by atoms with Crippen LogP contribution in [-0.4, -0.2) is 16.1 Å². The van der Waals surface area contributed by atoms with E-state index in [0.717, 1.165) is 12.1 Å². The molecule has 0 fully saturated rings. The highest BCUT2D eigenvalue weighted by Gasteiger charge is 2.32. The van der Waals surface area contributed by atoms with Crippen LogP contribution in [0, 0.1) is 0 Å². The summed E-state index contributed by atoms with van der Waals surface area (Å²) in [6.45, 7) is 3.44. The number of aliphatic hydroxyl groups is 1. The number of benzene rings is 2. The summed E-state index contributed by atoms with van der Waals surface area (Å²) in [6, 6.07) is 7.62. The molecule has 1 aromatic heterocycles. The zero-order valence-corrected chi connectivity index (χ0v) is 18.4. The zero-order chi connectivity index (χ0) is 23.5. The molecule has 11 heteroatoms. The van der Waals surface area contributed by atoms with Crippen molar-refractivity contribution in [1.29, 1.82) is 0 Å². The Balaban J connectivity index is 1.61. The summed E-state index contributed by atoms with van der Waals surface area (Å²) in [5, 5.41) is 11.5. The van der Waals surface area contributed by atoms with Gasteiger partial charge in [-0.25, -0.2) is 9.78 Å². The summed E-state index contributed by atoms with van der Waals surface area (Å²) < 4.78 is 49.1. The van der Waals surface area contributed by atoms with Crippen LogP contribution >= 0.6 is 34.5 Å². The molecule has 2 aromatic carbocycles. The Morgan fingerprint density at radius 3 is 2.34 bits per heavy atom. The molecule has 3 aromatic rings. The van der Waals surface area contributed by atoms with Gasteiger partial charge in [-0.3, -0.25) is 0 Å². The predicted octanol–water partition coefficient (Wildman–Crippen LogP) is 6.59. The summed E-state index contributed by atoms with van der Waals surface area (Å²) in [4.78, 5) is 16.0. The third kappa shape index (κ3) is 5.80. The van der Waals surface area contributed by atoms with Crippen molar-refractivity contribution in [3.8, 4) is 11.5 Å². The number of carbonyl (C=O) groups excluding carboxylic acids is 1. The highest BCUT2D eigenvalue weighted by atomic mass is 35.5. The number of rotatable bonds is 7. The third-order valence-corrected chi connectivity index (χ3v) is 5.51. The molecule has 3 rings (SSSR count). The molecule has 0 spiro atoms. The van der Waals surface area contributed by atoms with E-state index in [4.69, 9.17) is 32.7 Å². The van der Waals surface area contributed by atoms with Crippen LogP contribution in [0.3, 0.4) is 0 Å². The number of hydrogen-bond donors (Lipinski definition) is 1. The van der Waals surface area contributed by atoms with Crippen LogP contribution in [0.2, 0.25) is 10.0 Å². The Morgan fingerprint density at radius 1 is 1.19 bits per heavy atom. The molecule has 1 unspecified atom stereocenters. The fourth-order valence-corrected chi connectivity index (χ4v) is 3.68. The number of thiazole rings is 1. The van der Waals surface area contributed by atoms with Crippen LogP contribution in [-0.2, 0) is 22.3 Å². The Labute approximate surface area is 194 Å². The number of hydrogen-bond acceptors (Lipinski definition) is 6. The van der Waals surface area contributed by atoms with E-state index < -0.39 is 23.8 Å².